The Hall–Kier alpha value is -4.38. The van der Waals surface area contributed by atoms with Crippen LogP contribution in [0, 0.1) is 0 Å². The molecule has 1 aliphatic rings. The minimum absolute atomic E-state index is 0.0397. The second-order valence-corrected chi connectivity index (χ2v) is 11.5. The zero-order valence-electron chi connectivity index (χ0n) is 20.8. The van der Waals surface area contributed by atoms with Gasteiger partial charge in [-0.2, -0.15) is 4.31 Å². The van der Waals surface area contributed by atoms with Gasteiger partial charge in [0.05, 0.1) is 17.0 Å². The van der Waals surface area contributed by atoms with Crippen molar-refractivity contribution in [1.82, 2.24) is 14.3 Å². The molecule has 0 bridgehead atoms. The van der Waals surface area contributed by atoms with Gasteiger partial charge in [0.15, 0.2) is 5.58 Å². The number of imide groups is 1. The van der Waals surface area contributed by atoms with E-state index in [-0.39, 0.29) is 17.9 Å². The first-order chi connectivity index (χ1) is 19.3. The van der Waals surface area contributed by atoms with Gasteiger partial charge < -0.3 is 4.42 Å². The van der Waals surface area contributed by atoms with Crippen molar-refractivity contribution in [3.05, 3.63) is 108 Å². The Morgan fingerprint density at radius 2 is 1.70 bits per heavy atom. The molecule has 0 saturated carbocycles. The van der Waals surface area contributed by atoms with E-state index < -0.39 is 27.9 Å². The third kappa shape index (κ3) is 4.77. The summed E-state index contributed by atoms with van der Waals surface area (Å²) in [6.07, 6.45) is 2.78. The van der Waals surface area contributed by atoms with Crippen LogP contribution >= 0.6 is 11.6 Å². The quantitative estimate of drug-likeness (QED) is 0.250. The number of hydrogen-bond donors (Lipinski definition) is 0. The van der Waals surface area contributed by atoms with Gasteiger partial charge in [0.25, 0.3) is 5.91 Å². The molecule has 1 fully saturated rings. The third-order valence-corrected chi connectivity index (χ3v) is 8.74. The minimum atomic E-state index is -4.19. The second-order valence-electron chi connectivity index (χ2n) is 9.19. The van der Waals surface area contributed by atoms with Crippen LogP contribution in [0.3, 0.4) is 0 Å². The number of carbonyl (C=O) groups is 2. The molecule has 0 radical (unpaired) electrons. The fraction of sp³-hybridized carbons (Fsp3) is 0.103. The summed E-state index contributed by atoms with van der Waals surface area (Å²) in [6, 6.07) is 21.8. The summed E-state index contributed by atoms with van der Waals surface area (Å²) in [4.78, 5) is 36.4. The van der Waals surface area contributed by atoms with E-state index in [4.69, 9.17) is 16.0 Å². The lowest BCUT2D eigenvalue weighted by Crippen LogP contribution is -2.45. The van der Waals surface area contributed by atoms with Crippen LogP contribution in [-0.2, 0) is 26.2 Å². The molecule has 5 aromatic rings. The molecule has 2 amide bonds. The molecule has 0 N–H and O–H groups in total. The van der Waals surface area contributed by atoms with Crippen LogP contribution in [0.1, 0.15) is 12.0 Å². The molecule has 1 atom stereocenters. The molecule has 9 nitrogen and oxygen atoms in total. The Kier molecular flexibility index (Phi) is 6.67. The number of para-hydroxylation sites is 2. The second kappa shape index (κ2) is 10.3. The van der Waals surface area contributed by atoms with E-state index in [0.717, 1.165) is 9.21 Å². The molecule has 40 heavy (non-hydrogen) atoms. The smallest absolute Gasteiger partial charge is 0.252 e. The van der Waals surface area contributed by atoms with Crippen LogP contribution in [0.4, 0.5) is 5.69 Å². The maximum absolute atomic E-state index is 13.8. The van der Waals surface area contributed by atoms with E-state index in [9.17, 15) is 18.0 Å². The Balaban J connectivity index is 1.32. The average molecular weight is 573 g/mol. The summed E-state index contributed by atoms with van der Waals surface area (Å²) >= 11 is 5.97. The van der Waals surface area contributed by atoms with Crippen molar-refractivity contribution in [3.8, 4) is 11.5 Å². The van der Waals surface area contributed by atoms with Gasteiger partial charge in [0.1, 0.15) is 11.6 Å². The van der Waals surface area contributed by atoms with Crippen molar-refractivity contribution in [2.24, 2.45) is 0 Å². The van der Waals surface area contributed by atoms with Gasteiger partial charge in [-0.15, -0.1) is 0 Å². The van der Waals surface area contributed by atoms with Crippen LogP contribution in [0.5, 0.6) is 0 Å². The van der Waals surface area contributed by atoms with Gasteiger partial charge >= 0.3 is 0 Å². The summed E-state index contributed by atoms with van der Waals surface area (Å²) in [5, 5.41) is 0.373. The van der Waals surface area contributed by atoms with Gasteiger partial charge in [-0.25, -0.2) is 18.3 Å². The highest BCUT2D eigenvalue weighted by molar-refractivity contribution is 7.89. The normalized spacial score (nSPS) is 15.8. The Morgan fingerprint density at radius 3 is 2.40 bits per heavy atom. The lowest BCUT2D eigenvalue weighted by Gasteiger charge is -2.27. The number of pyridine rings is 1. The number of sulfonamides is 1. The van der Waals surface area contributed by atoms with Crippen molar-refractivity contribution < 1.29 is 22.4 Å². The van der Waals surface area contributed by atoms with E-state index in [2.05, 4.69) is 9.97 Å². The monoisotopic (exact) mass is 572 g/mol. The number of oxazole rings is 1. The molecule has 3 heterocycles. The van der Waals surface area contributed by atoms with Gasteiger partial charge in [0, 0.05) is 29.5 Å². The summed E-state index contributed by atoms with van der Waals surface area (Å²) in [5.74, 6) is -0.741. The first-order valence-electron chi connectivity index (χ1n) is 12.3. The van der Waals surface area contributed by atoms with Crippen molar-refractivity contribution in [1.29, 1.82) is 0 Å². The molecule has 200 valence electrons. The van der Waals surface area contributed by atoms with Crippen LogP contribution in [0.15, 0.2) is 107 Å². The van der Waals surface area contributed by atoms with E-state index in [0.29, 0.717) is 38.8 Å². The zero-order valence-corrected chi connectivity index (χ0v) is 22.4. The Labute approximate surface area is 234 Å². The first kappa shape index (κ1) is 25.9. The molecule has 1 unspecified atom stereocenters. The predicted molar refractivity (Wildman–Crippen MR) is 149 cm³/mol. The summed E-state index contributed by atoms with van der Waals surface area (Å²) in [6.45, 7) is -0.146. The zero-order chi connectivity index (χ0) is 27.9. The molecular weight excluding hydrogens is 552 g/mol. The highest BCUT2D eigenvalue weighted by Gasteiger charge is 2.47. The molecular formula is C29H21ClN4O5S. The van der Waals surface area contributed by atoms with Crippen LogP contribution < -0.4 is 4.90 Å². The maximum Gasteiger partial charge on any atom is 0.252 e. The largest absolute Gasteiger partial charge is 0.436 e. The Bertz CT molecular complexity index is 1790. The lowest BCUT2D eigenvalue weighted by molar-refractivity contribution is -0.122. The number of benzene rings is 3. The van der Waals surface area contributed by atoms with E-state index >= 15 is 0 Å². The fourth-order valence-corrected chi connectivity index (χ4v) is 6.33. The number of hydrogen-bond acceptors (Lipinski definition) is 7. The molecule has 0 spiro atoms. The number of fused-ring (bicyclic) bond motifs is 1. The van der Waals surface area contributed by atoms with E-state index in [1.165, 1.54) is 30.5 Å². The number of halogens is 1. The predicted octanol–water partition coefficient (Wildman–Crippen LogP) is 5.07. The van der Waals surface area contributed by atoms with Crippen LogP contribution in [0.2, 0.25) is 5.02 Å². The van der Waals surface area contributed by atoms with Crippen LogP contribution in [-0.4, -0.2) is 40.5 Å². The summed E-state index contributed by atoms with van der Waals surface area (Å²) < 4.78 is 34.4. The number of anilines is 1. The number of carbonyl (C=O) groups excluding carboxylic acids is 2. The number of amides is 2. The van der Waals surface area contributed by atoms with Crippen molar-refractivity contribution in [2.45, 2.75) is 23.9 Å². The van der Waals surface area contributed by atoms with Gasteiger partial charge in [0.2, 0.25) is 21.8 Å². The molecule has 2 aromatic heterocycles. The topological polar surface area (TPSA) is 114 Å². The molecule has 0 aliphatic carbocycles. The van der Waals surface area contributed by atoms with Crippen molar-refractivity contribution in [3.63, 3.8) is 0 Å². The highest BCUT2D eigenvalue weighted by atomic mass is 35.5. The molecule has 1 aliphatic heterocycles. The van der Waals surface area contributed by atoms with Gasteiger partial charge in [-0.3, -0.25) is 14.6 Å². The Morgan fingerprint density at radius 1 is 0.950 bits per heavy atom. The number of nitrogens with zero attached hydrogens (tertiary/aromatic N) is 4. The maximum atomic E-state index is 13.8. The SMILES string of the molecule is O=C1CC(N(Cc2cccnc2)S(=O)(=O)c2ccc(Cl)cc2)C(=O)N1c1ccc(-c2nc3ccccc3o2)cc1. The van der Waals surface area contributed by atoms with Crippen molar-refractivity contribution in [2.75, 3.05) is 4.90 Å². The average Bonchev–Trinajstić information content (AvgIpc) is 3.53. The standard InChI is InChI=1S/C29H21ClN4O5S/c30-21-9-13-23(14-10-21)40(37,38)33(18-19-4-3-15-31-17-19)25-16-27(35)34(29(25)36)22-11-7-20(8-12-22)28-32-24-5-1-2-6-26(24)39-28/h1-15,17,25H,16,18H2. The van der Waals surface area contributed by atoms with Gasteiger partial charge in [-0.05, 0) is 72.3 Å². The highest BCUT2D eigenvalue weighted by Crippen LogP contribution is 2.32. The fourth-order valence-electron chi connectivity index (χ4n) is 4.64. The summed E-state index contributed by atoms with van der Waals surface area (Å²) in [7, 11) is -4.19. The number of aromatic nitrogens is 2. The summed E-state index contributed by atoms with van der Waals surface area (Å²) in [5.41, 5.74) is 2.91. The molecule has 11 heteroatoms. The lowest BCUT2D eigenvalue weighted by atomic mass is 10.2. The van der Waals surface area contributed by atoms with Crippen LogP contribution in [0.25, 0.3) is 22.6 Å². The van der Waals surface area contributed by atoms with Gasteiger partial charge in [-0.1, -0.05) is 29.8 Å². The van der Waals surface area contributed by atoms with E-state index in [1.807, 2.05) is 24.3 Å². The molecule has 6 rings (SSSR count). The first-order valence-corrected chi connectivity index (χ1v) is 14.1. The number of rotatable bonds is 7. The molecule has 3 aromatic carbocycles. The minimum Gasteiger partial charge on any atom is -0.436 e. The van der Waals surface area contributed by atoms with Crippen molar-refractivity contribution >= 4 is 50.2 Å². The molecule has 1 saturated heterocycles. The third-order valence-electron chi connectivity index (χ3n) is 6.62. The van der Waals surface area contributed by atoms with E-state index in [1.54, 1.807) is 42.6 Å².